The molecule has 0 aromatic heterocycles. The van der Waals surface area contributed by atoms with Crippen LogP contribution < -0.4 is 5.32 Å². The summed E-state index contributed by atoms with van der Waals surface area (Å²) in [5.74, 6) is 0. The minimum absolute atomic E-state index is 0.366. The molecular formula is C13H18ClNO2. The summed E-state index contributed by atoms with van der Waals surface area (Å²) in [5.41, 5.74) is 1.04. The Morgan fingerprint density at radius 1 is 1.35 bits per heavy atom. The molecule has 0 amide bonds. The molecule has 1 aromatic rings. The number of halogens is 1. The van der Waals surface area contributed by atoms with Crippen molar-refractivity contribution in [2.45, 2.75) is 18.9 Å². The van der Waals surface area contributed by atoms with Crippen molar-refractivity contribution in [2.75, 3.05) is 31.7 Å². The van der Waals surface area contributed by atoms with Crippen molar-refractivity contribution in [3.05, 3.63) is 29.3 Å². The molecule has 1 fully saturated rings. The number of rotatable bonds is 5. The van der Waals surface area contributed by atoms with Gasteiger partial charge in [0.2, 0.25) is 0 Å². The van der Waals surface area contributed by atoms with Gasteiger partial charge in [-0.15, -0.1) is 0 Å². The molecule has 1 saturated heterocycles. The van der Waals surface area contributed by atoms with Crippen LogP contribution in [0.5, 0.6) is 0 Å². The van der Waals surface area contributed by atoms with Crippen LogP contribution in [0.4, 0.5) is 5.69 Å². The summed E-state index contributed by atoms with van der Waals surface area (Å²) in [6.45, 7) is 3.17. The summed E-state index contributed by atoms with van der Waals surface area (Å²) in [5, 5.41) is 4.03. The third kappa shape index (κ3) is 4.54. The Morgan fingerprint density at radius 2 is 2.18 bits per heavy atom. The van der Waals surface area contributed by atoms with Crippen molar-refractivity contribution in [3.63, 3.8) is 0 Å². The Morgan fingerprint density at radius 3 is 2.94 bits per heavy atom. The van der Waals surface area contributed by atoms with Gasteiger partial charge in [-0.2, -0.15) is 0 Å². The van der Waals surface area contributed by atoms with E-state index in [1.165, 1.54) is 0 Å². The number of hydrogen-bond acceptors (Lipinski definition) is 3. The molecule has 0 spiro atoms. The highest BCUT2D eigenvalue weighted by Crippen LogP contribution is 2.15. The highest BCUT2D eigenvalue weighted by atomic mass is 35.5. The van der Waals surface area contributed by atoms with Crippen LogP contribution in [-0.4, -0.2) is 32.5 Å². The van der Waals surface area contributed by atoms with Crippen LogP contribution in [0.3, 0.4) is 0 Å². The van der Waals surface area contributed by atoms with Gasteiger partial charge in [-0.3, -0.25) is 0 Å². The Kier molecular flexibility index (Phi) is 5.10. The first-order valence-electron chi connectivity index (χ1n) is 6.03. The van der Waals surface area contributed by atoms with Crippen molar-refractivity contribution < 1.29 is 9.47 Å². The number of anilines is 1. The Balaban J connectivity index is 1.62. The van der Waals surface area contributed by atoms with E-state index in [4.69, 9.17) is 21.1 Å². The van der Waals surface area contributed by atoms with Crippen LogP contribution in [0, 0.1) is 0 Å². The molecule has 3 nitrogen and oxygen atoms in total. The van der Waals surface area contributed by atoms with Crippen molar-refractivity contribution in [3.8, 4) is 0 Å². The molecule has 1 aliphatic heterocycles. The molecule has 0 radical (unpaired) electrons. The van der Waals surface area contributed by atoms with Gasteiger partial charge in [-0.05, 0) is 31.0 Å². The molecule has 1 N–H and O–H groups in total. The lowest BCUT2D eigenvalue weighted by molar-refractivity contribution is -0.0283. The van der Waals surface area contributed by atoms with E-state index in [2.05, 4.69) is 5.32 Å². The van der Waals surface area contributed by atoms with Crippen LogP contribution in [-0.2, 0) is 9.47 Å². The van der Waals surface area contributed by atoms with Crippen LogP contribution in [0.2, 0.25) is 5.02 Å². The summed E-state index contributed by atoms with van der Waals surface area (Å²) in [6.07, 6.45) is 2.39. The van der Waals surface area contributed by atoms with E-state index in [1.54, 1.807) is 0 Å². The first kappa shape index (κ1) is 12.7. The first-order chi connectivity index (χ1) is 8.34. The average molecular weight is 256 g/mol. The average Bonchev–Trinajstić information content (AvgIpc) is 2.36. The molecule has 1 heterocycles. The second-order valence-corrected chi connectivity index (χ2v) is 4.56. The molecule has 4 heteroatoms. The van der Waals surface area contributed by atoms with Crippen LogP contribution in [0.1, 0.15) is 12.8 Å². The Hall–Kier alpha value is -0.770. The Bertz CT molecular complexity index is 340. The summed E-state index contributed by atoms with van der Waals surface area (Å²) in [6, 6.07) is 7.71. The zero-order chi connectivity index (χ0) is 11.9. The Labute approximate surface area is 107 Å². The highest BCUT2D eigenvalue weighted by Gasteiger charge is 2.13. The predicted molar refractivity (Wildman–Crippen MR) is 69.7 cm³/mol. The first-order valence-corrected chi connectivity index (χ1v) is 6.41. The van der Waals surface area contributed by atoms with E-state index in [9.17, 15) is 0 Å². The third-order valence-electron chi connectivity index (χ3n) is 2.78. The van der Waals surface area contributed by atoms with Gasteiger partial charge >= 0.3 is 0 Å². The number of nitrogens with one attached hydrogen (secondary N) is 1. The number of benzene rings is 1. The zero-order valence-corrected chi connectivity index (χ0v) is 10.6. The smallest absolute Gasteiger partial charge is 0.0642 e. The standard InChI is InChI=1S/C13H18ClNO2/c14-11-2-1-3-12(10-11)15-6-9-17-13-4-7-16-8-5-13/h1-3,10,13,15H,4-9H2. The monoisotopic (exact) mass is 255 g/mol. The van der Waals surface area contributed by atoms with Gasteiger partial charge in [-0.1, -0.05) is 17.7 Å². The fourth-order valence-corrected chi connectivity index (χ4v) is 2.05. The molecule has 0 bridgehead atoms. The minimum atomic E-state index is 0.366. The second-order valence-electron chi connectivity index (χ2n) is 4.12. The number of ether oxygens (including phenoxy) is 2. The van der Waals surface area contributed by atoms with Crippen molar-refractivity contribution in [2.24, 2.45) is 0 Å². The molecular weight excluding hydrogens is 238 g/mol. The van der Waals surface area contributed by atoms with E-state index >= 15 is 0 Å². The molecule has 17 heavy (non-hydrogen) atoms. The van der Waals surface area contributed by atoms with E-state index < -0.39 is 0 Å². The third-order valence-corrected chi connectivity index (χ3v) is 3.01. The molecule has 1 aromatic carbocycles. The normalized spacial score (nSPS) is 17.0. The molecule has 94 valence electrons. The lowest BCUT2D eigenvalue weighted by Gasteiger charge is -2.22. The van der Waals surface area contributed by atoms with Crippen LogP contribution in [0.25, 0.3) is 0 Å². The van der Waals surface area contributed by atoms with Gasteiger partial charge in [0.25, 0.3) is 0 Å². The van der Waals surface area contributed by atoms with Gasteiger partial charge in [0, 0.05) is 30.5 Å². The van der Waals surface area contributed by atoms with Crippen molar-refractivity contribution in [1.82, 2.24) is 0 Å². The van der Waals surface area contributed by atoms with E-state index in [0.717, 1.165) is 49.9 Å². The molecule has 2 rings (SSSR count). The highest BCUT2D eigenvalue weighted by molar-refractivity contribution is 6.30. The molecule has 0 aliphatic carbocycles. The van der Waals surface area contributed by atoms with Gasteiger partial charge in [0.1, 0.15) is 0 Å². The fraction of sp³-hybridized carbons (Fsp3) is 0.538. The van der Waals surface area contributed by atoms with Crippen molar-refractivity contribution in [1.29, 1.82) is 0 Å². The van der Waals surface area contributed by atoms with Gasteiger partial charge in [0.15, 0.2) is 0 Å². The van der Waals surface area contributed by atoms with Crippen LogP contribution >= 0.6 is 11.6 Å². The molecule has 0 unspecified atom stereocenters. The maximum Gasteiger partial charge on any atom is 0.0642 e. The lowest BCUT2D eigenvalue weighted by atomic mass is 10.2. The van der Waals surface area contributed by atoms with Crippen LogP contribution in [0.15, 0.2) is 24.3 Å². The zero-order valence-electron chi connectivity index (χ0n) is 9.82. The molecule has 0 saturated carbocycles. The topological polar surface area (TPSA) is 30.5 Å². The lowest BCUT2D eigenvalue weighted by Crippen LogP contribution is -2.25. The van der Waals surface area contributed by atoms with Gasteiger partial charge in [-0.25, -0.2) is 0 Å². The molecule has 0 atom stereocenters. The van der Waals surface area contributed by atoms with Crippen molar-refractivity contribution >= 4 is 17.3 Å². The largest absolute Gasteiger partial charge is 0.383 e. The van der Waals surface area contributed by atoms with Gasteiger partial charge in [0.05, 0.1) is 12.7 Å². The second kappa shape index (κ2) is 6.84. The summed E-state index contributed by atoms with van der Waals surface area (Å²) >= 11 is 5.89. The van der Waals surface area contributed by atoms with E-state index in [0.29, 0.717) is 6.10 Å². The maximum absolute atomic E-state index is 5.89. The minimum Gasteiger partial charge on any atom is -0.383 e. The molecule has 1 aliphatic rings. The van der Waals surface area contributed by atoms with E-state index in [-0.39, 0.29) is 0 Å². The maximum atomic E-state index is 5.89. The van der Waals surface area contributed by atoms with Gasteiger partial charge < -0.3 is 14.8 Å². The predicted octanol–water partition coefficient (Wildman–Crippen LogP) is 2.95. The summed E-state index contributed by atoms with van der Waals surface area (Å²) in [7, 11) is 0. The summed E-state index contributed by atoms with van der Waals surface area (Å²) < 4.78 is 11.0. The quantitative estimate of drug-likeness (QED) is 0.821. The fourth-order valence-electron chi connectivity index (χ4n) is 1.86. The van der Waals surface area contributed by atoms with E-state index in [1.807, 2.05) is 24.3 Å². The summed E-state index contributed by atoms with van der Waals surface area (Å²) in [4.78, 5) is 0. The number of hydrogen-bond donors (Lipinski definition) is 1. The SMILES string of the molecule is Clc1cccc(NCCOC2CCOCC2)c1.